The largest absolute Gasteiger partial charge is 1.00 e. The second-order valence-corrected chi connectivity index (χ2v) is 2.23. The molecule has 0 saturated carbocycles. The molecule has 0 fully saturated rings. The van der Waals surface area contributed by atoms with Crippen LogP contribution in [0.15, 0.2) is 0 Å². The van der Waals surface area contributed by atoms with Crippen molar-refractivity contribution in [3.63, 3.8) is 0 Å². The molecule has 0 unspecified atom stereocenters. The van der Waals surface area contributed by atoms with Crippen LogP contribution in [-0.4, -0.2) is 24.5 Å². The molecule has 0 radical (unpaired) electrons. The van der Waals surface area contributed by atoms with Crippen LogP contribution in [0.2, 0.25) is 0 Å². The predicted octanol–water partition coefficient (Wildman–Crippen LogP) is -1.05. The van der Waals surface area contributed by atoms with Gasteiger partial charge >= 0.3 is 18.9 Å². The molecule has 0 aliphatic rings. The van der Waals surface area contributed by atoms with Gasteiger partial charge in [-0.25, -0.2) is 0 Å². The topological polar surface area (TPSA) is 3.24 Å². The molecular weight excluding hydrogens is 117 g/mol. The Labute approximate surface area is 77.4 Å². The third-order valence-corrected chi connectivity index (χ3v) is 1.62. The van der Waals surface area contributed by atoms with E-state index in [1.54, 1.807) is 0 Å². The van der Waals surface area contributed by atoms with Gasteiger partial charge in [-0.2, -0.15) is 6.42 Å². The Kier molecular flexibility index (Phi) is 12.6. The van der Waals surface area contributed by atoms with Crippen LogP contribution in [-0.2, 0) is 0 Å². The standard InChI is InChI=1S/C8H18N.Li/c1-4-7-8-9(5-2)6-3;/h1,4-8H2,2-3H3;/q-1;+1. The summed E-state index contributed by atoms with van der Waals surface area (Å²) < 4.78 is 0. The van der Waals surface area contributed by atoms with E-state index in [1.165, 1.54) is 26.1 Å². The first-order chi connectivity index (χ1) is 4.35. The molecule has 0 amide bonds. The fourth-order valence-corrected chi connectivity index (χ4v) is 0.875. The third kappa shape index (κ3) is 6.67. The van der Waals surface area contributed by atoms with Crippen molar-refractivity contribution in [2.45, 2.75) is 26.7 Å². The van der Waals surface area contributed by atoms with Crippen LogP contribution in [0.1, 0.15) is 26.7 Å². The van der Waals surface area contributed by atoms with Crippen molar-refractivity contribution in [1.29, 1.82) is 0 Å². The molecule has 0 rings (SSSR count). The number of unbranched alkanes of at least 4 members (excludes halogenated alkanes) is 1. The van der Waals surface area contributed by atoms with Crippen LogP contribution in [0.4, 0.5) is 0 Å². The molecule has 0 heterocycles. The molecule has 10 heavy (non-hydrogen) atoms. The van der Waals surface area contributed by atoms with Gasteiger partial charge in [0, 0.05) is 0 Å². The van der Waals surface area contributed by atoms with Crippen molar-refractivity contribution in [3.8, 4) is 0 Å². The van der Waals surface area contributed by atoms with Crippen molar-refractivity contribution < 1.29 is 18.9 Å². The summed E-state index contributed by atoms with van der Waals surface area (Å²) in [6.45, 7) is 11.8. The summed E-state index contributed by atoms with van der Waals surface area (Å²) in [7, 11) is 0. The Morgan fingerprint density at radius 3 is 2.00 bits per heavy atom. The zero-order valence-electron chi connectivity index (χ0n) is 7.69. The van der Waals surface area contributed by atoms with Gasteiger partial charge in [0.2, 0.25) is 0 Å². The van der Waals surface area contributed by atoms with E-state index in [0.717, 1.165) is 6.42 Å². The number of rotatable bonds is 5. The molecular formula is C8H18LiN. The predicted molar refractivity (Wildman–Crippen MR) is 42.4 cm³/mol. The van der Waals surface area contributed by atoms with E-state index in [2.05, 4.69) is 25.7 Å². The fraction of sp³-hybridized carbons (Fsp3) is 0.875. The quantitative estimate of drug-likeness (QED) is 0.343. The van der Waals surface area contributed by atoms with Crippen LogP contribution in [0.5, 0.6) is 0 Å². The summed E-state index contributed by atoms with van der Waals surface area (Å²) >= 11 is 0. The zero-order valence-corrected chi connectivity index (χ0v) is 7.69. The molecule has 0 aromatic rings. The Morgan fingerprint density at radius 1 is 1.20 bits per heavy atom. The van der Waals surface area contributed by atoms with Crippen LogP contribution < -0.4 is 18.9 Å². The van der Waals surface area contributed by atoms with Gasteiger partial charge in [-0.1, -0.05) is 20.3 Å². The fourth-order valence-electron chi connectivity index (χ4n) is 0.875. The van der Waals surface area contributed by atoms with Crippen LogP contribution in [0.25, 0.3) is 0 Å². The Balaban J connectivity index is 0. The summed E-state index contributed by atoms with van der Waals surface area (Å²) in [4.78, 5) is 2.42. The Bertz CT molecular complexity index is 53.2. The first-order valence-corrected chi connectivity index (χ1v) is 3.86. The maximum atomic E-state index is 3.80. The van der Waals surface area contributed by atoms with Crippen molar-refractivity contribution in [2.75, 3.05) is 19.6 Å². The van der Waals surface area contributed by atoms with E-state index in [1.807, 2.05) is 0 Å². The molecule has 1 nitrogen and oxygen atoms in total. The molecule has 0 aromatic heterocycles. The van der Waals surface area contributed by atoms with Crippen molar-refractivity contribution in [3.05, 3.63) is 6.92 Å². The first kappa shape index (κ1) is 13.2. The van der Waals surface area contributed by atoms with E-state index >= 15 is 0 Å². The molecule has 0 spiro atoms. The van der Waals surface area contributed by atoms with E-state index < -0.39 is 0 Å². The van der Waals surface area contributed by atoms with Crippen molar-refractivity contribution in [1.82, 2.24) is 4.90 Å². The number of hydrogen-bond donors (Lipinski definition) is 0. The summed E-state index contributed by atoms with van der Waals surface area (Å²) in [5.41, 5.74) is 0. The number of hydrogen-bond acceptors (Lipinski definition) is 1. The SMILES string of the molecule is [CH2-]CCCN(CC)CC.[Li+]. The van der Waals surface area contributed by atoms with E-state index in [4.69, 9.17) is 0 Å². The Morgan fingerprint density at radius 2 is 1.70 bits per heavy atom. The number of nitrogens with zero attached hydrogens (tertiary/aromatic N) is 1. The monoisotopic (exact) mass is 135 g/mol. The smallest absolute Gasteiger partial charge is 0.343 e. The van der Waals surface area contributed by atoms with Crippen molar-refractivity contribution in [2.24, 2.45) is 0 Å². The average Bonchev–Trinajstić information content (AvgIpc) is 1.91. The van der Waals surface area contributed by atoms with Crippen LogP contribution in [0, 0.1) is 6.92 Å². The van der Waals surface area contributed by atoms with Gasteiger partial charge < -0.3 is 11.8 Å². The minimum absolute atomic E-state index is 0. The van der Waals surface area contributed by atoms with Crippen molar-refractivity contribution >= 4 is 0 Å². The summed E-state index contributed by atoms with van der Waals surface area (Å²) in [5, 5.41) is 0. The van der Waals surface area contributed by atoms with E-state index in [-0.39, 0.29) is 18.9 Å². The molecule has 0 N–H and O–H groups in total. The minimum Gasteiger partial charge on any atom is -0.343 e. The minimum atomic E-state index is 0. The summed E-state index contributed by atoms with van der Waals surface area (Å²) in [6.07, 6.45) is 2.30. The Hall–Kier alpha value is 0.557. The summed E-state index contributed by atoms with van der Waals surface area (Å²) in [6, 6.07) is 0. The first-order valence-electron chi connectivity index (χ1n) is 3.86. The van der Waals surface area contributed by atoms with Crippen LogP contribution >= 0.6 is 0 Å². The maximum Gasteiger partial charge on any atom is 1.00 e. The van der Waals surface area contributed by atoms with Gasteiger partial charge in [0.25, 0.3) is 0 Å². The zero-order chi connectivity index (χ0) is 7.11. The second-order valence-electron chi connectivity index (χ2n) is 2.23. The molecule has 0 aliphatic heterocycles. The third-order valence-electron chi connectivity index (χ3n) is 1.62. The van der Waals surface area contributed by atoms with E-state index in [0.29, 0.717) is 0 Å². The van der Waals surface area contributed by atoms with E-state index in [9.17, 15) is 0 Å². The second kappa shape index (κ2) is 9.56. The molecule has 0 saturated heterocycles. The molecule has 56 valence electrons. The average molecular weight is 135 g/mol. The van der Waals surface area contributed by atoms with Gasteiger partial charge in [0.1, 0.15) is 0 Å². The van der Waals surface area contributed by atoms with Gasteiger partial charge in [0.15, 0.2) is 0 Å². The van der Waals surface area contributed by atoms with Gasteiger partial charge in [-0.15, -0.1) is 0 Å². The summed E-state index contributed by atoms with van der Waals surface area (Å²) in [5.74, 6) is 0. The molecule has 0 atom stereocenters. The van der Waals surface area contributed by atoms with Gasteiger partial charge in [-0.3, -0.25) is 0 Å². The molecule has 0 bridgehead atoms. The van der Waals surface area contributed by atoms with Gasteiger partial charge in [-0.05, 0) is 19.6 Å². The molecule has 2 heteroatoms. The van der Waals surface area contributed by atoms with Gasteiger partial charge in [0.05, 0.1) is 0 Å². The molecule has 0 aliphatic carbocycles. The maximum absolute atomic E-state index is 3.80. The van der Waals surface area contributed by atoms with Crippen LogP contribution in [0.3, 0.4) is 0 Å². The molecule has 0 aromatic carbocycles. The normalized spacial score (nSPS) is 9.60.